The number of nitrogens with zero attached hydrogens (tertiary/aromatic N) is 2. The normalized spacial score (nSPS) is 10.6. The molecule has 0 atom stereocenters. The summed E-state index contributed by atoms with van der Waals surface area (Å²) < 4.78 is 0. The summed E-state index contributed by atoms with van der Waals surface area (Å²) in [5, 5.41) is 7.50. The molecule has 1 aromatic heterocycles. The Labute approximate surface area is 159 Å². The minimum absolute atomic E-state index is 0.735. The van der Waals surface area contributed by atoms with Crippen LogP contribution in [0.25, 0.3) is 0 Å². The van der Waals surface area contributed by atoms with Crippen LogP contribution in [0, 0.1) is 13.8 Å². The molecule has 0 amide bonds. The first kappa shape index (κ1) is 18.2. The molecular formula is C21H23ClN4. The summed E-state index contributed by atoms with van der Waals surface area (Å²) in [5.74, 6) is 2.39. The molecule has 0 bridgehead atoms. The van der Waals surface area contributed by atoms with Crippen LogP contribution in [0.3, 0.4) is 0 Å². The average molecular weight is 367 g/mol. The molecule has 0 spiro atoms. The highest BCUT2D eigenvalue weighted by Crippen LogP contribution is 2.14. The molecule has 3 rings (SSSR count). The van der Waals surface area contributed by atoms with Crippen LogP contribution in [0.1, 0.15) is 22.5 Å². The molecule has 1 heterocycles. The van der Waals surface area contributed by atoms with E-state index in [2.05, 4.69) is 57.9 Å². The first-order chi connectivity index (χ1) is 12.6. The zero-order valence-corrected chi connectivity index (χ0v) is 15.8. The zero-order chi connectivity index (χ0) is 18.4. The molecule has 26 heavy (non-hydrogen) atoms. The lowest BCUT2D eigenvalue weighted by Gasteiger charge is -2.11. The fraction of sp³-hybridized carbons (Fsp3) is 0.238. The minimum atomic E-state index is 0.735. The summed E-state index contributed by atoms with van der Waals surface area (Å²) in [6, 6.07) is 18.4. The monoisotopic (exact) mass is 366 g/mol. The Kier molecular flexibility index (Phi) is 6.08. The van der Waals surface area contributed by atoms with Gasteiger partial charge in [-0.15, -0.1) is 0 Å². The van der Waals surface area contributed by atoms with Crippen LogP contribution in [-0.2, 0) is 13.0 Å². The van der Waals surface area contributed by atoms with Crippen molar-refractivity contribution in [2.24, 2.45) is 0 Å². The standard InChI is InChI=1S/C21H23ClN4/c1-15-6-8-18(9-7-15)14-24-21-13-20(25-16(2)26-21)23-11-10-17-4-3-5-19(22)12-17/h3-9,12-13H,10-11,14H2,1-2H3,(H2,23,24,25,26). The second-order valence-corrected chi connectivity index (χ2v) is 6.77. The van der Waals surface area contributed by atoms with Crippen molar-refractivity contribution in [2.45, 2.75) is 26.8 Å². The number of halogens is 1. The second kappa shape index (κ2) is 8.68. The first-order valence-corrected chi connectivity index (χ1v) is 9.10. The summed E-state index contributed by atoms with van der Waals surface area (Å²) >= 11 is 6.03. The fourth-order valence-corrected chi connectivity index (χ4v) is 2.89. The van der Waals surface area contributed by atoms with Crippen molar-refractivity contribution in [2.75, 3.05) is 17.2 Å². The van der Waals surface area contributed by atoms with E-state index in [9.17, 15) is 0 Å². The van der Waals surface area contributed by atoms with E-state index in [0.717, 1.165) is 42.0 Å². The van der Waals surface area contributed by atoms with Crippen molar-refractivity contribution in [1.82, 2.24) is 9.97 Å². The van der Waals surface area contributed by atoms with E-state index >= 15 is 0 Å². The van der Waals surface area contributed by atoms with Crippen molar-refractivity contribution in [3.8, 4) is 0 Å². The van der Waals surface area contributed by atoms with E-state index < -0.39 is 0 Å². The zero-order valence-electron chi connectivity index (χ0n) is 15.1. The van der Waals surface area contributed by atoms with Crippen LogP contribution in [0.2, 0.25) is 5.02 Å². The number of aryl methyl sites for hydroxylation is 2. The molecule has 134 valence electrons. The Morgan fingerprint density at radius 1 is 0.846 bits per heavy atom. The maximum Gasteiger partial charge on any atom is 0.132 e. The van der Waals surface area contributed by atoms with Crippen LogP contribution in [0.4, 0.5) is 11.6 Å². The van der Waals surface area contributed by atoms with Gasteiger partial charge in [0.05, 0.1) is 0 Å². The maximum atomic E-state index is 6.03. The predicted octanol–water partition coefficient (Wildman–Crippen LogP) is 5.01. The Balaban J connectivity index is 1.57. The maximum absolute atomic E-state index is 6.03. The molecule has 4 nitrogen and oxygen atoms in total. The third-order valence-corrected chi connectivity index (χ3v) is 4.28. The molecule has 0 aliphatic rings. The SMILES string of the molecule is Cc1ccc(CNc2cc(NCCc3cccc(Cl)c3)nc(C)n2)cc1. The van der Waals surface area contributed by atoms with Gasteiger partial charge in [-0.25, -0.2) is 9.97 Å². The van der Waals surface area contributed by atoms with Gasteiger partial charge < -0.3 is 10.6 Å². The van der Waals surface area contributed by atoms with E-state index in [-0.39, 0.29) is 0 Å². The van der Waals surface area contributed by atoms with Gasteiger partial charge in [0.15, 0.2) is 0 Å². The number of nitrogens with one attached hydrogen (secondary N) is 2. The lowest BCUT2D eigenvalue weighted by Crippen LogP contribution is -2.09. The molecule has 0 aliphatic carbocycles. The lowest BCUT2D eigenvalue weighted by molar-refractivity contribution is 0.975. The number of rotatable bonds is 7. The van der Waals surface area contributed by atoms with Crippen LogP contribution < -0.4 is 10.6 Å². The second-order valence-electron chi connectivity index (χ2n) is 6.33. The summed E-state index contributed by atoms with van der Waals surface area (Å²) in [6.07, 6.45) is 0.885. The van der Waals surface area contributed by atoms with Crippen LogP contribution in [0.5, 0.6) is 0 Å². The Hall–Kier alpha value is -2.59. The van der Waals surface area contributed by atoms with E-state index in [1.807, 2.05) is 31.2 Å². The topological polar surface area (TPSA) is 49.8 Å². The van der Waals surface area contributed by atoms with E-state index in [1.54, 1.807) is 0 Å². The molecule has 2 aromatic carbocycles. The molecule has 0 radical (unpaired) electrons. The van der Waals surface area contributed by atoms with Gasteiger partial charge in [0.2, 0.25) is 0 Å². The number of aromatic nitrogens is 2. The van der Waals surface area contributed by atoms with Gasteiger partial charge in [0, 0.05) is 24.2 Å². The Morgan fingerprint density at radius 2 is 1.58 bits per heavy atom. The van der Waals surface area contributed by atoms with Gasteiger partial charge in [-0.3, -0.25) is 0 Å². The molecule has 5 heteroatoms. The van der Waals surface area contributed by atoms with Crippen molar-refractivity contribution < 1.29 is 0 Å². The van der Waals surface area contributed by atoms with Gasteiger partial charge in [-0.1, -0.05) is 53.6 Å². The number of anilines is 2. The van der Waals surface area contributed by atoms with Crippen LogP contribution in [-0.4, -0.2) is 16.5 Å². The summed E-state index contributed by atoms with van der Waals surface area (Å²) in [4.78, 5) is 8.93. The van der Waals surface area contributed by atoms with Gasteiger partial charge in [0.25, 0.3) is 0 Å². The van der Waals surface area contributed by atoms with Crippen LogP contribution in [0.15, 0.2) is 54.6 Å². The predicted molar refractivity (Wildman–Crippen MR) is 109 cm³/mol. The highest BCUT2D eigenvalue weighted by atomic mass is 35.5. The van der Waals surface area contributed by atoms with Gasteiger partial charge >= 0.3 is 0 Å². The highest BCUT2D eigenvalue weighted by molar-refractivity contribution is 6.30. The van der Waals surface area contributed by atoms with Crippen molar-refractivity contribution >= 4 is 23.2 Å². The van der Waals surface area contributed by atoms with Crippen molar-refractivity contribution in [1.29, 1.82) is 0 Å². The lowest BCUT2D eigenvalue weighted by atomic mass is 10.1. The Morgan fingerprint density at radius 3 is 2.31 bits per heavy atom. The Bertz CT molecular complexity index is 862. The fourth-order valence-electron chi connectivity index (χ4n) is 2.67. The molecule has 2 N–H and O–H groups in total. The minimum Gasteiger partial charge on any atom is -0.370 e. The molecule has 0 saturated carbocycles. The van der Waals surface area contributed by atoms with Crippen LogP contribution >= 0.6 is 11.6 Å². The highest BCUT2D eigenvalue weighted by Gasteiger charge is 2.03. The number of hydrogen-bond acceptors (Lipinski definition) is 4. The van der Waals surface area contributed by atoms with Gasteiger partial charge in [-0.05, 0) is 43.5 Å². The first-order valence-electron chi connectivity index (χ1n) is 8.72. The average Bonchev–Trinajstić information content (AvgIpc) is 2.61. The number of hydrogen-bond donors (Lipinski definition) is 2. The third kappa shape index (κ3) is 5.46. The van der Waals surface area contributed by atoms with Crippen molar-refractivity contribution in [3.05, 3.63) is 82.1 Å². The van der Waals surface area contributed by atoms with Crippen molar-refractivity contribution in [3.63, 3.8) is 0 Å². The van der Waals surface area contributed by atoms with E-state index in [1.165, 1.54) is 16.7 Å². The molecule has 0 fully saturated rings. The smallest absolute Gasteiger partial charge is 0.132 e. The van der Waals surface area contributed by atoms with E-state index in [0.29, 0.717) is 0 Å². The largest absolute Gasteiger partial charge is 0.370 e. The quantitative estimate of drug-likeness (QED) is 0.616. The summed E-state index contributed by atoms with van der Waals surface area (Å²) in [6.45, 7) is 5.51. The van der Waals surface area contributed by atoms with Gasteiger partial charge in [-0.2, -0.15) is 0 Å². The van der Waals surface area contributed by atoms with Gasteiger partial charge in [0.1, 0.15) is 17.5 Å². The summed E-state index contributed by atoms with van der Waals surface area (Å²) in [7, 11) is 0. The molecule has 0 saturated heterocycles. The molecular weight excluding hydrogens is 344 g/mol. The summed E-state index contributed by atoms with van der Waals surface area (Å²) in [5.41, 5.74) is 3.69. The molecule has 3 aromatic rings. The number of benzene rings is 2. The third-order valence-electron chi connectivity index (χ3n) is 4.04. The molecule has 0 unspecified atom stereocenters. The molecule has 0 aliphatic heterocycles. The van der Waals surface area contributed by atoms with E-state index in [4.69, 9.17) is 11.6 Å².